The minimum Gasteiger partial charge on any atom is -0.307 e. The average molecular weight is 244 g/mol. The van der Waals surface area contributed by atoms with E-state index in [1.54, 1.807) is 0 Å². The number of benzene rings is 1. The quantitative estimate of drug-likeness (QED) is 0.787. The van der Waals surface area contributed by atoms with Gasteiger partial charge in [-0.25, -0.2) is 0 Å². The lowest BCUT2D eigenvalue weighted by molar-refractivity contribution is -0.112. The van der Waals surface area contributed by atoms with Crippen LogP contribution in [-0.4, -0.2) is 18.7 Å². The van der Waals surface area contributed by atoms with Gasteiger partial charge in [-0.1, -0.05) is 39.0 Å². The lowest BCUT2D eigenvalue weighted by atomic mass is 9.92. The third kappa shape index (κ3) is 2.97. The van der Waals surface area contributed by atoms with Gasteiger partial charge in [0.2, 0.25) is 0 Å². The molecule has 0 N–H and O–H groups in total. The summed E-state index contributed by atoms with van der Waals surface area (Å²) in [5.74, 6) is -0.01000. The van der Waals surface area contributed by atoms with Crippen LogP contribution in [0.15, 0.2) is 29.3 Å². The Morgan fingerprint density at radius 1 is 1.28 bits per heavy atom. The smallest absolute Gasteiger partial charge is 0.268 e. The van der Waals surface area contributed by atoms with Crippen molar-refractivity contribution in [3.63, 3.8) is 0 Å². The zero-order valence-electron chi connectivity index (χ0n) is 11.3. The van der Waals surface area contributed by atoms with E-state index >= 15 is 0 Å². The Bertz CT molecular complexity index is 472. The first-order chi connectivity index (χ1) is 8.47. The molecule has 3 nitrogen and oxygen atoms in total. The van der Waals surface area contributed by atoms with Gasteiger partial charge in [-0.2, -0.15) is 0 Å². The third-order valence-corrected chi connectivity index (χ3v) is 3.10. The van der Waals surface area contributed by atoms with Crippen molar-refractivity contribution in [3.8, 4) is 0 Å². The molecule has 0 atom stereocenters. The molecule has 2 rings (SSSR count). The molecule has 1 amide bonds. The van der Waals surface area contributed by atoms with E-state index in [0.29, 0.717) is 6.54 Å². The molecular formula is C15H20N2O. The van der Waals surface area contributed by atoms with Crippen LogP contribution in [-0.2, 0) is 11.3 Å². The summed E-state index contributed by atoms with van der Waals surface area (Å²) in [6.45, 7) is 7.90. The van der Waals surface area contributed by atoms with E-state index in [1.807, 2.05) is 29.2 Å². The second kappa shape index (κ2) is 4.92. The Hall–Kier alpha value is -1.64. The largest absolute Gasteiger partial charge is 0.307 e. The highest BCUT2D eigenvalue weighted by Crippen LogP contribution is 2.26. The summed E-state index contributed by atoms with van der Waals surface area (Å²) in [5.41, 5.74) is 2.34. The van der Waals surface area contributed by atoms with E-state index in [1.165, 1.54) is 6.21 Å². The maximum atomic E-state index is 12.1. The molecule has 1 aromatic carbocycles. The molecule has 0 bridgehead atoms. The summed E-state index contributed by atoms with van der Waals surface area (Å²) in [5, 5.41) is 0. The van der Waals surface area contributed by atoms with Gasteiger partial charge >= 0.3 is 0 Å². The van der Waals surface area contributed by atoms with E-state index in [-0.39, 0.29) is 11.3 Å². The molecule has 0 saturated heterocycles. The monoisotopic (exact) mass is 244 g/mol. The highest BCUT2D eigenvalue weighted by Gasteiger charge is 2.21. The summed E-state index contributed by atoms with van der Waals surface area (Å²) < 4.78 is 0. The SMILES string of the molecule is CC(C)(C)CCN1C(=O)C=NCc2ccccc21. The Balaban J connectivity index is 2.26. The van der Waals surface area contributed by atoms with Gasteiger partial charge in [0, 0.05) is 12.2 Å². The Morgan fingerprint density at radius 2 is 2.00 bits per heavy atom. The standard InChI is InChI=1S/C15H20N2O/c1-15(2,3)8-9-17-13-7-5-4-6-12(13)10-16-11-14(17)18/h4-7,11H,8-10H2,1-3H3. The number of rotatable bonds is 2. The highest BCUT2D eigenvalue weighted by atomic mass is 16.2. The number of amides is 1. The van der Waals surface area contributed by atoms with Gasteiger partial charge in [-0.15, -0.1) is 0 Å². The predicted molar refractivity (Wildman–Crippen MR) is 75.1 cm³/mol. The lowest BCUT2D eigenvalue weighted by Crippen LogP contribution is -2.34. The van der Waals surface area contributed by atoms with Gasteiger partial charge in [0.05, 0.1) is 12.8 Å². The minimum absolute atomic E-state index is 0.01000. The molecule has 1 aromatic rings. The second-order valence-corrected chi connectivity index (χ2v) is 5.90. The van der Waals surface area contributed by atoms with E-state index in [9.17, 15) is 4.79 Å². The van der Waals surface area contributed by atoms with Crippen LogP contribution in [0, 0.1) is 5.41 Å². The number of fused-ring (bicyclic) bond motifs is 1. The Labute approximate surface area is 109 Å². The topological polar surface area (TPSA) is 32.7 Å². The van der Waals surface area contributed by atoms with Crippen molar-refractivity contribution in [3.05, 3.63) is 29.8 Å². The fourth-order valence-corrected chi connectivity index (χ4v) is 2.00. The van der Waals surface area contributed by atoms with Crippen LogP contribution in [0.25, 0.3) is 0 Å². The van der Waals surface area contributed by atoms with E-state index < -0.39 is 0 Å². The molecule has 3 heteroatoms. The number of anilines is 1. The van der Waals surface area contributed by atoms with Crippen molar-refractivity contribution in [2.24, 2.45) is 10.4 Å². The van der Waals surface area contributed by atoms with Crippen LogP contribution in [0.2, 0.25) is 0 Å². The molecule has 0 radical (unpaired) electrons. The zero-order valence-corrected chi connectivity index (χ0v) is 11.3. The van der Waals surface area contributed by atoms with Crippen LogP contribution < -0.4 is 4.90 Å². The first kappa shape index (κ1) is 12.8. The summed E-state index contributed by atoms with van der Waals surface area (Å²) >= 11 is 0. The van der Waals surface area contributed by atoms with Crippen LogP contribution in [0.5, 0.6) is 0 Å². The molecule has 1 aliphatic heterocycles. The summed E-state index contributed by atoms with van der Waals surface area (Å²) in [7, 11) is 0. The van der Waals surface area contributed by atoms with E-state index in [0.717, 1.165) is 24.2 Å². The molecule has 96 valence electrons. The summed E-state index contributed by atoms with van der Waals surface area (Å²) in [6, 6.07) is 8.01. The van der Waals surface area contributed by atoms with E-state index in [4.69, 9.17) is 0 Å². The molecule has 0 unspecified atom stereocenters. The number of aliphatic imine (C=N–C) groups is 1. The maximum absolute atomic E-state index is 12.1. The van der Waals surface area contributed by atoms with Gasteiger partial charge < -0.3 is 4.90 Å². The fraction of sp³-hybridized carbons (Fsp3) is 0.467. The molecule has 1 aliphatic rings. The van der Waals surface area contributed by atoms with Gasteiger partial charge in [0.15, 0.2) is 0 Å². The third-order valence-electron chi connectivity index (χ3n) is 3.10. The van der Waals surface area contributed by atoms with Crippen LogP contribution in [0.4, 0.5) is 5.69 Å². The van der Waals surface area contributed by atoms with Crippen molar-refractivity contribution in [2.75, 3.05) is 11.4 Å². The van der Waals surface area contributed by atoms with Crippen molar-refractivity contribution in [2.45, 2.75) is 33.7 Å². The minimum atomic E-state index is -0.01000. The molecule has 0 aromatic heterocycles. The number of carbonyl (C=O) groups is 1. The average Bonchev–Trinajstić information content (AvgIpc) is 2.44. The van der Waals surface area contributed by atoms with Crippen LogP contribution >= 0.6 is 0 Å². The van der Waals surface area contributed by atoms with Crippen molar-refractivity contribution >= 4 is 17.8 Å². The van der Waals surface area contributed by atoms with Crippen LogP contribution in [0.1, 0.15) is 32.8 Å². The number of carbonyl (C=O) groups excluding carboxylic acids is 1. The maximum Gasteiger partial charge on any atom is 0.268 e. The summed E-state index contributed by atoms with van der Waals surface area (Å²) in [4.78, 5) is 18.1. The molecule has 0 saturated carbocycles. The number of nitrogens with zero attached hydrogens (tertiary/aromatic N) is 2. The van der Waals surface area contributed by atoms with Crippen molar-refractivity contribution in [1.82, 2.24) is 0 Å². The number of para-hydroxylation sites is 1. The first-order valence-corrected chi connectivity index (χ1v) is 6.37. The number of hydrogen-bond donors (Lipinski definition) is 0. The van der Waals surface area contributed by atoms with Crippen LogP contribution in [0.3, 0.4) is 0 Å². The van der Waals surface area contributed by atoms with Gasteiger partial charge in [0.25, 0.3) is 5.91 Å². The molecular weight excluding hydrogens is 224 g/mol. The predicted octanol–water partition coefficient (Wildman–Crippen LogP) is 3.04. The molecule has 0 spiro atoms. The van der Waals surface area contributed by atoms with Crippen molar-refractivity contribution < 1.29 is 4.79 Å². The molecule has 0 aliphatic carbocycles. The fourth-order valence-electron chi connectivity index (χ4n) is 2.00. The van der Waals surface area contributed by atoms with E-state index in [2.05, 4.69) is 25.8 Å². The Kier molecular flexibility index (Phi) is 3.50. The van der Waals surface area contributed by atoms with Gasteiger partial charge in [-0.3, -0.25) is 9.79 Å². The Morgan fingerprint density at radius 3 is 2.72 bits per heavy atom. The summed E-state index contributed by atoms with van der Waals surface area (Å²) in [6.07, 6.45) is 2.42. The van der Waals surface area contributed by atoms with Gasteiger partial charge in [-0.05, 0) is 23.5 Å². The number of hydrogen-bond acceptors (Lipinski definition) is 2. The second-order valence-electron chi connectivity index (χ2n) is 5.90. The molecule has 1 heterocycles. The molecule has 18 heavy (non-hydrogen) atoms. The lowest BCUT2D eigenvalue weighted by Gasteiger charge is -2.26. The zero-order chi connectivity index (χ0) is 13.2. The molecule has 0 fully saturated rings. The highest BCUT2D eigenvalue weighted by molar-refractivity contribution is 6.33. The first-order valence-electron chi connectivity index (χ1n) is 6.37. The van der Waals surface area contributed by atoms with Crippen molar-refractivity contribution in [1.29, 1.82) is 0 Å². The normalized spacial score (nSPS) is 15.5. The van der Waals surface area contributed by atoms with Gasteiger partial charge in [0.1, 0.15) is 0 Å².